The molecule has 6 heteroatoms. The van der Waals surface area contributed by atoms with Crippen molar-refractivity contribution in [2.75, 3.05) is 13.1 Å². The summed E-state index contributed by atoms with van der Waals surface area (Å²) in [5.41, 5.74) is 5.62. The molecule has 148 valence electrons. The number of halogens is 3. The first-order chi connectivity index (χ1) is 13.9. The van der Waals surface area contributed by atoms with Gasteiger partial charge in [-0.25, -0.2) is 9.40 Å². The number of nitriles is 1. The van der Waals surface area contributed by atoms with Gasteiger partial charge in [-0.15, -0.1) is 0 Å². The highest BCUT2D eigenvalue weighted by Crippen LogP contribution is 2.34. The molecule has 3 nitrogen and oxygen atoms in total. The molecule has 2 aromatic carbocycles. The van der Waals surface area contributed by atoms with Crippen LogP contribution in [0.15, 0.2) is 60.8 Å². The van der Waals surface area contributed by atoms with Crippen molar-refractivity contribution in [1.82, 2.24) is 10.4 Å². The first kappa shape index (κ1) is 20.4. The zero-order valence-corrected chi connectivity index (χ0v) is 15.9. The molecule has 1 heterocycles. The molecule has 3 rings (SSSR count). The Bertz CT molecular complexity index is 1010. The van der Waals surface area contributed by atoms with Crippen LogP contribution in [0.5, 0.6) is 0 Å². The molecule has 29 heavy (non-hydrogen) atoms. The van der Waals surface area contributed by atoms with Gasteiger partial charge in [-0.2, -0.15) is 14.0 Å². The van der Waals surface area contributed by atoms with Crippen LogP contribution in [0.2, 0.25) is 0 Å². The molecule has 0 spiro atoms. The van der Waals surface area contributed by atoms with Crippen LogP contribution >= 0.6 is 0 Å². The van der Waals surface area contributed by atoms with Gasteiger partial charge in [0.15, 0.2) is 0 Å². The normalized spacial score (nSPS) is 14.9. The van der Waals surface area contributed by atoms with Gasteiger partial charge in [0.25, 0.3) is 5.92 Å². The van der Waals surface area contributed by atoms with Crippen LogP contribution in [0.3, 0.4) is 0 Å². The zero-order chi connectivity index (χ0) is 21.0. The number of rotatable bonds is 6. The van der Waals surface area contributed by atoms with Gasteiger partial charge in [-0.05, 0) is 53.1 Å². The quantitative estimate of drug-likeness (QED) is 0.529. The fraction of sp³-hybridized carbons (Fsp3) is 0.174. The molecule has 0 aliphatic carbocycles. The van der Waals surface area contributed by atoms with E-state index in [-0.39, 0.29) is 11.4 Å². The molecule has 0 bridgehead atoms. The summed E-state index contributed by atoms with van der Waals surface area (Å²) in [7, 11) is 0. The molecule has 1 aliphatic heterocycles. The molecule has 0 fully saturated rings. The number of hydrogen-bond acceptors (Lipinski definition) is 3. The van der Waals surface area contributed by atoms with E-state index in [1.165, 1.54) is 24.3 Å². The number of nitrogens with one attached hydrogen (secondary N) is 1. The highest BCUT2D eigenvalue weighted by atomic mass is 19.3. The largest absolute Gasteiger partial charge is 0.309 e. The number of benzene rings is 2. The Kier molecular flexibility index (Phi) is 5.90. The molecular formula is C23H20F3N3. The van der Waals surface area contributed by atoms with Crippen LogP contribution in [0.4, 0.5) is 13.2 Å². The van der Waals surface area contributed by atoms with E-state index in [4.69, 9.17) is 0 Å². The Labute approximate surface area is 168 Å². The summed E-state index contributed by atoms with van der Waals surface area (Å²) in [6.07, 6.45) is 4.01. The summed E-state index contributed by atoms with van der Waals surface area (Å²) < 4.78 is 41.8. The van der Waals surface area contributed by atoms with Crippen LogP contribution < -0.4 is 5.43 Å². The van der Waals surface area contributed by atoms with Crippen LogP contribution in [-0.2, 0) is 5.92 Å². The van der Waals surface area contributed by atoms with E-state index in [0.717, 1.165) is 5.56 Å². The summed E-state index contributed by atoms with van der Waals surface area (Å²) in [5.74, 6) is -3.56. The molecule has 0 unspecified atom stereocenters. The fourth-order valence-electron chi connectivity index (χ4n) is 3.05. The Morgan fingerprint density at radius 1 is 1.17 bits per heavy atom. The van der Waals surface area contributed by atoms with Gasteiger partial charge in [-0.3, -0.25) is 0 Å². The third-order valence-corrected chi connectivity index (χ3v) is 4.70. The third-order valence-electron chi connectivity index (χ3n) is 4.70. The van der Waals surface area contributed by atoms with Crippen LogP contribution in [-0.4, -0.2) is 18.1 Å². The number of hydrogen-bond donors (Lipinski definition) is 1. The van der Waals surface area contributed by atoms with Crippen LogP contribution in [0.1, 0.15) is 29.2 Å². The minimum Gasteiger partial charge on any atom is -0.309 e. The molecule has 0 amide bonds. The van der Waals surface area contributed by atoms with Gasteiger partial charge >= 0.3 is 0 Å². The smallest absolute Gasteiger partial charge is 0.291 e. The van der Waals surface area contributed by atoms with Crippen molar-refractivity contribution >= 4 is 17.7 Å². The number of nitrogens with zero attached hydrogens (tertiary/aromatic N) is 2. The second-order valence-electron chi connectivity index (χ2n) is 6.65. The van der Waals surface area contributed by atoms with Crippen molar-refractivity contribution in [1.29, 1.82) is 5.26 Å². The van der Waals surface area contributed by atoms with Crippen LogP contribution in [0.25, 0.3) is 17.7 Å². The van der Waals surface area contributed by atoms with Gasteiger partial charge in [0.1, 0.15) is 17.6 Å². The monoisotopic (exact) mass is 395 g/mol. The van der Waals surface area contributed by atoms with Crippen molar-refractivity contribution < 1.29 is 13.2 Å². The summed E-state index contributed by atoms with van der Waals surface area (Å²) >= 11 is 0. The minimum atomic E-state index is -3.21. The highest BCUT2D eigenvalue weighted by Gasteiger charge is 2.29. The summed E-state index contributed by atoms with van der Waals surface area (Å²) in [4.78, 5) is 0. The van der Waals surface area contributed by atoms with Crippen molar-refractivity contribution in [3.8, 4) is 6.07 Å². The van der Waals surface area contributed by atoms with Gasteiger partial charge in [0, 0.05) is 24.2 Å². The van der Waals surface area contributed by atoms with Gasteiger partial charge in [0.05, 0.1) is 0 Å². The lowest BCUT2D eigenvalue weighted by atomic mass is 9.95. The summed E-state index contributed by atoms with van der Waals surface area (Å²) in [5, 5.41) is 11.3. The lowest BCUT2D eigenvalue weighted by Gasteiger charge is -2.16. The highest BCUT2D eigenvalue weighted by molar-refractivity contribution is 5.78. The van der Waals surface area contributed by atoms with Crippen molar-refractivity contribution in [2.24, 2.45) is 0 Å². The lowest BCUT2D eigenvalue weighted by molar-refractivity contribution is 0.0525. The second-order valence-corrected chi connectivity index (χ2v) is 6.65. The maximum Gasteiger partial charge on any atom is 0.291 e. The lowest BCUT2D eigenvalue weighted by Crippen LogP contribution is -2.31. The Morgan fingerprint density at radius 3 is 2.48 bits per heavy atom. The maximum atomic E-state index is 14.4. The molecule has 2 aromatic rings. The van der Waals surface area contributed by atoms with E-state index >= 15 is 0 Å². The molecule has 1 N–H and O–H groups in total. The first-order valence-electron chi connectivity index (χ1n) is 9.12. The van der Waals surface area contributed by atoms with Crippen molar-refractivity contribution in [3.63, 3.8) is 0 Å². The first-order valence-corrected chi connectivity index (χ1v) is 9.12. The molecule has 0 saturated carbocycles. The predicted molar refractivity (Wildman–Crippen MR) is 109 cm³/mol. The Hall–Kier alpha value is -3.30. The summed E-state index contributed by atoms with van der Waals surface area (Å²) in [6.45, 7) is 6.27. The topological polar surface area (TPSA) is 39.1 Å². The van der Waals surface area contributed by atoms with Crippen molar-refractivity contribution in [2.45, 2.75) is 12.8 Å². The van der Waals surface area contributed by atoms with Gasteiger partial charge in [-0.1, -0.05) is 37.8 Å². The van der Waals surface area contributed by atoms with Crippen molar-refractivity contribution in [3.05, 3.63) is 88.9 Å². The summed E-state index contributed by atoms with van der Waals surface area (Å²) in [6, 6.07) is 12.5. The zero-order valence-electron chi connectivity index (χ0n) is 15.9. The average molecular weight is 395 g/mol. The number of allylic oxidation sites excluding steroid dienone is 2. The predicted octanol–water partition coefficient (Wildman–Crippen LogP) is 5.35. The number of alkyl halides is 2. The van der Waals surface area contributed by atoms with Gasteiger partial charge in [0.2, 0.25) is 0 Å². The molecular weight excluding hydrogens is 375 g/mol. The van der Waals surface area contributed by atoms with E-state index in [0.29, 0.717) is 41.6 Å². The molecule has 0 aromatic heterocycles. The maximum absolute atomic E-state index is 14.4. The molecule has 0 atom stereocenters. The number of likely N-dealkylation sites (N-methyl/N-ethyl adjacent to an activating group) is 1. The minimum absolute atomic E-state index is 0.205. The Morgan fingerprint density at radius 2 is 1.86 bits per heavy atom. The van der Waals surface area contributed by atoms with E-state index in [1.807, 2.05) is 11.9 Å². The van der Waals surface area contributed by atoms with Crippen LogP contribution in [0, 0.1) is 17.1 Å². The molecule has 0 saturated heterocycles. The Balaban J connectivity index is 2.06. The molecule has 0 radical (unpaired) electrons. The van der Waals surface area contributed by atoms with E-state index < -0.39 is 5.92 Å². The fourth-order valence-corrected chi connectivity index (χ4v) is 3.05. The van der Waals surface area contributed by atoms with E-state index in [9.17, 15) is 18.4 Å². The average Bonchev–Trinajstić information content (AvgIpc) is 3.17. The van der Waals surface area contributed by atoms with E-state index in [1.54, 1.807) is 30.4 Å². The SMILES string of the molecule is C=CC(F)(F)c1cc(/C=C/c2ccc(F)cc2)cc(C2=C(C#N)NN(CC)C2)c1. The van der Waals surface area contributed by atoms with Gasteiger partial charge < -0.3 is 5.43 Å². The third kappa shape index (κ3) is 4.58. The molecule has 1 aliphatic rings. The number of hydrazine groups is 1. The van der Waals surface area contributed by atoms with E-state index in [2.05, 4.69) is 18.1 Å². The second kappa shape index (κ2) is 8.38. The standard InChI is InChI=1S/C23H20F3N3/c1-3-23(25,26)19-12-17(6-5-16-7-9-20(24)10-8-16)11-18(13-19)21-15-29(4-2)28-22(21)14-27/h3,5-13,28H,1,4,15H2,2H3/b6-5+.